The van der Waals surface area contributed by atoms with Gasteiger partial charge in [-0.3, -0.25) is 4.79 Å². The van der Waals surface area contributed by atoms with Gasteiger partial charge in [-0.2, -0.15) is 0 Å². The van der Waals surface area contributed by atoms with Crippen molar-refractivity contribution in [2.75, 3.05) is 20.2 Å². The summed E-state index contributed by atoms with van der Waals surface area (Å²) in [5, 5.41) is 0. The Kier molecular flexibility index (Phi) is 5.65. The summed E-state index contributed by atoms with van der Waals surface area (Å²) in [6, 6.07) is 7.80. The highest BCUT2D eigenvalue weighted by molar-refractivity contribution is 5.77. The topological polar surface area (TPSA) is 55.6 Å². The van der Waals surface area contributed by atoms with E-state index in [1.165, 1.54) is 0 Å². The molecule has 0 heterocycles. The number of carbonyl (C=O) groups is 1. The van der Waals surface area contributed by atoms with Crippen molar-refractivity contribution in [2.45, 2.75) is 26.3 Å². The molecule has 0 aliphatic heterocycles. The minimum atomic E-state index is -0.0566. The predicted octanol–water partition coefficient (Wildman–Crippen LogP) is 1.43. The first-order valence-electron chi connectivity index (χ1n) is 6.26. The maximum absolute atomic E-state index is 11.9. The van der Waals surface area contributed by atoms with Gasteiger partial charge in [0.25, 0.3) is 5.91 Å². The first-order valence-corrected chi connectivity index (χ1v) is 6.26. The van der Waals surface area contributed by atoms with Gasteiger partial charge in [-0.05, 0) is 25.0 Å². The van der Waals surface area contributed by atoms with Crippen LogP contribution >= 0.6 is 0 Å². The molecular weight excluding hydrogens is 228 g/mol. The zero-order chi connectivity index (χ0) is 13.5. The van der Waals surface area contributed by atoms with Gasteiger partial charge in [-0.1, -0.05) is 25.1 Å². The van der Waals surface area contributed by atoms with Crippen LogP contribution in [0.5, 0.6) is 5.75 Å². The van der Waals surface area contributed by atoms with E-state index in [9.17, 15) is 4.79 Å². The molecule has 1 aromatic rings. The third kappa shape index (κ3) is 3.74. The van der Waals surface area contributed by atoms with E-state index in [4.69, 9.17) is 10.5 Å². The number of para-hydroxylation sites is 1. The SMILES string of the molecule is CCc1ccccc1OCC(=O)N(C)C(C)CN. The molecule has 1 amide bonds. The molecule has 0 radical (unpaired) electrons. The van der Waals surface area contributed by atoms with Crippen LogP contribution in [0, 0.1) is 0 Å². The second-order valence-electron chi connectivity index (χ2n) is 4.34. The van der Waals surface area contributed by atoms with Crippen LogP contribution in [0.15, 0.2) is 24.3 Å². The first-order chi connectivity index (χ1) is 8.60. The summed E-state index contributed by atoms with van der Waals surface area (Å²) in [4.78, 5) is 13.5. The third-order valence-corrected chi connectivity index (χ3v) is 3.10. The van der Waals surface area contributed by atoms with E-state index >= 15 is 0 Å². The van der Waals surface area contributed by atoms with Crippen LogP contribution in [-0.4, -0.2) is 37.0 Å². The van der Waals surface area contributed by atoms with Crippen molar-refractivity contribution in [3.63, 3.8) is 0 Å². The van der Waals surface area contributed by atoms with Crippen molar-refractivity contribution >= 4 is 5.91 Å². The van der Waals surface area contributed by atoms with Crippen LogP contribution in [0.4, 0.5) is 0 Å². The van der Waals surface area contributed by atoms with Gasteiger partial charge in [0, 0.05) is 19.6 Å². The lowest BCUT2D eigenvalue weighted by Crippen LogP contribution is -2.42. The number of nitrogens with two attached hydrogens (primary N) is 1. The second kappa shape index (κ2) is 7.01. The molecule has 0 bridgehead atoms. The fourth-order valence-corrected chi connectivity index (χ4v) is 1.58. The number of carbonyl (C=O) groups excluding carboxylic acids is 1. The number of likely N-dealkylation sites (N-methyl/N-ethyl adjacent to an activating group) is 1. The van der Waals surface area contributed by atoms with Gasteiger partial charge in [-0.15, -0.1) is 0 Å². The fraction of sp³-hybridized carbons (Fsp3) is 0.500. The van der Waals surface area contributed by atoms with Gasteiger partial charge in [0.15, 0.2) is 6.61 Å². The maximum Gasteiger partial charge on any atom is 0.260 e. The number of rotatable bonds is 6. The highest BCUT2D eigenvalue weighted by Crippen LogP contribution is 2.18. The standard InChI is InChI=1S/C14H22N2O2/c1-4-12-7-5-6-8-13(12)18-10-14(17)16(3)11(2)9-15/h5-8,11H,4,9-10,15H2,1-3H3. The van der Waals surface area contributed by atoms with Gasteiger partial charge >= 0.3 is 0 Å². The van der Waals surface area contributed by atoms with E-state index in [0.29, 0.717) is 6.54 Å². The molecule has 0 aliphatic carbocycles. The van der Waals surface area contributed by atoms with Crippen molar-refractivity contribution in [1.29, 1.82) is 0 Å². The van der Waals surface area contributed by atoms with E-state index in [2.05, 4.69) is 6.92 Å². The molecular formula is C14H22N2O2. The normalized spacial score (nSPS) is 12.0. The Bertz CT molecular complexity index is 393. The van der Waals surface area contributed by atoms with Gasteiger partial charge in [0.05, 0.1) is 0 Å². The summed E-state index contributed by atoms with van der Waals surface area (Å²) in [7, 11) is 1.74. The van der Waals surface area contributed by atoms with E-state index in [-0.39, 0.29) is 18.6 Å². The molecule has 1 unspecified atom stereocenters. The van der Waals surface area contributed by atoms with Gasteiger partial charge in [-0.25, -0.2) is 0 Å². The van der Waals surface area contributed by atoms with E-state index in [1.807, 2.05) is 31.2 Å². The first kappa shape index (κ1) is 14.5. The number of nitrogens with zero attached hydrogens (tertiary/aromatic N) is 1. The maximum atomic E-state index is 11.9. The zero-order valence-corrected chi connectivity index (χ0v) is 11.3. The molecule has 1 atom stereocenters. The Morgan fingerprint density at radius 1 is 1.44 bits per heavy atom. The average molecular weight is 250 g/mol. The number of benzene rings is 1. The van der Waals surface area contributed by atoms with Crippen LogP contribution in [0.2, 0.25) is 0 Å². The smallest absolute Gasteiger partial charge is 0.260 e. The molecule has 18 heavy (non-hydrogen) atoms. The Labute approximate surface area is 109 Å². The molecule has 100 valence electrons. The summed E-state index contributed by atoms with van der Waals surface area (Å²) >= 11 is 0. The lowest BCUT2D eigenvalue weighted by molar-refractivity contribution is -0.133. The van der Waals surface area contributed by atoms with Crippen molar-refractivity contribution in [2.24, 2.45) is 5.73 Å². The van der Waals surface area contributed by atoms with Crippen molar-refractivity contribution < 1.29 is 9.53 Å². The van der Waals surface area contributed by atoms with Crippen LogP contribution in [-0.2, 0) is 11.2 Å². The van der Waals surface area contributed by atoms with E-state index in [1.54, 1.807) is 11.9 Å². The van der Waals surface area contributed by atoms with Gasteiger partial charge < -0.3 is 15.4 Å². The Morgan fingerprint density at radius 3 is 2.72 bits per heavy atom. The lowest BCUT2D eigenvalue weighted by atomic mass is 10.1. The van der Waals surface area contributed by atoms with Crippen LogP contribution in [0.3, 0.4) is 0 Å². The lowest BCUT2D eigenvalue weighted by Gasteiger charge is -2.23. The Balaban J connectivity index is 2.57. The second-order valence-corrected chi connectivity index (χ2v) is 4.34. The van der Waals surface area contributed by atoms with Crippen LogP contribution < -0.4 is 10.5 Å². The molecule has 0 fully saturated rings. The van der Waals surface area contributed by atoms with E-state index in [0.717, 1.165) is 17.7 Å². The minimum Gasteiger partial charge on any atom is -0.483 e. The molecule has 4 heteroatoms. The summed E-state index contributed by atoms with van der Waals surface area (Å²) < 4.78 is 5.57. The molecule has 2 N–H and O–H groups in total. The molecule has 0 saturated heterocycles. The van der Waals surface area contributed by atoms with Crippen molar-refractivity contribution in [1.82, 2.24) is 4.90 Å². The summed E-state index contributed by atoms with van der Waals surface area (Å²) in [5.74, 6) is 0.723. The van der Waals surface area contributed by atoms with Crippen molar-refractivity contribution in [3.05, 3.63) is 29.8 Å². The molecule has 1 rings (SSSR count). The van der Waals surface area contributed by atoms with Crippen molar-refractivity contribution in [3.8, 4) is 5.75 Å². The summed E-state index contributed by atoms with van der Waals surface area (Å²) in [6.45, 7) is 4.48. The molecule has 0 aromatic heterocycles. The van der Waals surface area contributed by atoms with E-state index < -0.39 is 0 Å². The quantitative estimate of drug-likeness (QED) is 0.831. The Hall–Kier alpha value is -1.55. The van der Waals surface area contributed by atoms with Crippen LogP contribution in [0.1, 0.15) is 19.4 Å². The number of hydrogen-bond donors (Lipinski definition) is 1. The minimum absolute atomic E-state index is 0.0301. The number of aryl methyl sites for hydroxylation is 1. The number of hydrogen-bond acceptors (Lipinski definition) is 3. The molecule has 0 aliphatic rings. The third-order valence-electron chi connectivity index (χ3n) is 3.10. The average Bonchev–Trinajstić information content (AvgIpc) is 2.43. The zero-order valence-electron chi connectivity index (χ0n) is 11.3. The van der Waals surface area contributed by atoms with Gasteiger partial charge in [0.1, 0.15) is 5.75 Å². The highest BCUT2D eigenvalue weighted by Gasteiger charge is 2.15. The molecule has 1 aromatic carbocycles. The fourth-order valence-electron chi connectivity index (χ4n) is 1.58. The molecule has 0 spiro atoms. The molecule has 0 saturated carbocycles. The Morgan fingerprint density at radius 2 is 2.11 bits per heavy atom. The molecule has 4 nitrogen and oxygen atoms in total. The van der Waals surface area contributed by atoms with Gasteiger partial charge in [0.2, 0.25) is 0 Å². The highest BCUT2D eigenvalue weighted by atomic mass is 16.5. The summed E-state index contributed by atoms with van der Waals surface area (Å²) in [6.07, 6.45) is 0.888. The number of amides is 1. The largest absolute Gasteiger partial charge is 0.483 e. The summed E-state index contributed by atoms with van der Waals surface area (Å²) in [5.41, 5.74) is 6.64. The van der Waals surface area contributed by atoms with Crippen LogP contribution in [0.25, 0.3) is 0 Å². The predicted molar refractivity (Wildman–Crippen MR) is 72.6 cm³/mol. The number of ether oxygens (including phenoxy) is 1. The monoisotopic (exact) mass is 250 g/mol.